The molecule has 3 rings (SSSR count). The number of fused-ring (bicyclic) bond motifs is 3. The highest BCUT2D eigenvalue weighted by Crippen LogP contribution is 2.38. The first kappa shape index (κ1) is 18.7. The van der Waals surface area contributed by atoms with Crippen LogP contribution in [-0.2, 0) is 6.42 Å². The third kappa shape index (κ3) is 4.55. The molecule has 0 aromatic heterocycles. The van der Waals surface area contributed by atoms with Crippen molar-refractivity contribution >= 4 is 5.78 Å². The lowest BCUT2D eigenvalue weighted by Gasteiger charge is -2.08. The van der Waals surface area contributed by atoms with E-state index >= 15 is 0 Å². The molecule has 2 aromatic carbocycles. The van der Waals surface area contributed by atoms with E-state index in [4.69, 9.17) is 4.74 Å². The zero-order valence-electron chi connectivity index (χ0n) is 16.1. The standard InChI is InChI=1S/C24H30O2/c1-3-4-5-6-7-8-9-14-26-22-11-13-24-21(17-22)16-20-15-19(18(2)25)10-12-23(20)24/h10-13,15,17H,3-9,14,16H2,1-2H3. The van der Waals surface area contributed by atoms with Crippen LogP contribution in [0.5, 0.6) is 5.75 Å². The predicted molar refractivity (Wildman–Crippen MR) is 108 cm³/mol. The van der Waals surface area contributed by atoms with E-state index in [1.165, 1.54) is 60.8 Å². The molecule has 0 aliphatic heterocycles. The number of ether oxygens (including phenoxy) is 1. The highest BCUT2D eigenvalue weighted by Gasteiger charge is 2.19. The molecule has 0 amide bonds. The highest BCUT2D eigenvalue weighted by molar-refractivity contribution is 5.95. The van der Waals surface area contributed by atoms with Crippen LogP contribution in [0.1, 0.15) is 80.3 Å². The smallest absolute Gasteiger partial charge is 0.159 e. The lowest BCUT2D eigenvalue weighted by Crippen LogP contribution is -1.98. The quantitative estimate of drug-likeness (QED) is 0.304. The summed E-state index contributed by atoms with van der Waals surface area (Å²) in [5, 5.41) is 0. The van der Waals surface area contributed by atoms with Crippen molar-refractivity contribution < 1.29 is 9.53 Å². The molecule has 138 valence electrons. The molecule has 0 saturated carbocycles. The van der Waals surface area contributed by atoms with Crippen molar-refractivity contribution in [3.05, 3.63) is 53.1 Å². The number of ketones is 1. The Labute approximate surface area is 157 Å². The summed E-state index contributed by atoms with van der Waals surface area (Å²) in [4.78, 5) is 11.6. The molecular formula is C24H30O2. The first-order valence-electron chi connectivity index (χ1n) is 10.1. The molecule has 0 fully saturated rings. The molecule has 0 unspecified atom stereocenters. The molecule has 0 heterocycles. The topological polar surface area (TPSA) is 26.3 Å². The maximum atomic E-state index is 11.6. The number of benzene rings is 2. The van der Waals surface area contributed by atoms with Crippen LogP contribution in [0.2, 0.25) is 0 Å². The van der Waals surface area contributed by atoms with Gasteiger partial charge < -0.3 is 4.74 Å². The van der Waals surface area contributed by atoms with E-state index in [1.54, 1.807) is 6.92 Å². The first-order chi connectivity index (χ1) is 12.7. The van der Waals surface area contributed by atoms with E-state index in [0.717, 1.165) is 30.8 Å². The molecule has 0 saturated heterocycles. The first-order valence-corrected chi connectivity index (χ1v) is 10.1. The van der Waals surface area contributed by atoms with Gasteiger partial charge in [-0.05, 0) is 60.2 Å². The molecule has 1 aliphatic rings. The van der Waals surface area contributed by atoms with Crippen molar-refractivity contribution in [3.63, 3.8) is 0 Å². The van der Waals surface area contributed by atoms with Crippen LogP contribution in [0, 0.1) is 0 Å². The van der Waals surface area contributed by atoms with Gasteiger partial charge in [0.05, 0.1) is 6.61 Å². The predicted octanol–water partition coefficient (Wildman–Crippen LogP) is 6.59. The molecule has 2 heteroatoms. The largest absolute Gasteiger partial charge is 0.494 e. The molecule has 2 nitrogen and oxygen atoms in total. The Hall–Kier alpha value is -2.09. The zero-order chi connectivity index (χ0) is 18.4. The van der Waals surface area contributed by atoms with Crippen LogP contribution < -0.4 is 4.74 Å². The summed E-state index contributed by atoms with van der Waals surface area (Å²) in [6, 6.07) is 12.5. The van der Waals surface area contributed by atoms with E-state index < -0.39 is 0 Å². The second kappa shape index (κ2) is 9.02. The van der Waals surface area contributed by atoms with Crippen LogP contribution in [0.3, 0.4) is 0 Å². The van der Waals surface area contributed by atoms with Gasteiger partial charge in [-0.3, -0.25) is 4.79 Å². The van der Waals surface area contributed by atoms with Crippen molar-refractivity contribution in [1.29, 1.82) is 0 Å². The molecule has 1 aliphatic carbocycles. The van der Waals surface area contributed by atoms with Gasteiger partial charge in [0.1, 0.15) is 5.75 Å². The second-order valence-electron chi connectivity index (χ2n) is 7.39. The van der Waals surface area contributed by atoms with Crippen molar-refractivity contribution in [2.24, 2.45) is 0 Å². The summed E-state index contributed by atoms with van der Waals surface area (Å²) in [6.45, 7) is 4.68. The third-order valence-electron chi connectivity index (χ3n) is 5.28. The maximum absolute atomic E-state index is 11.6. The number of carbonyl (C=O) groups is 1. The van der Waals surface area contributed by atoms with Gasteiger partial charge in [0.2, 0.25) is 0 Å². The number of rotatable bonds is 10. The molecular weight excluding hydrogens is 320 g/mol. The van der Waals surface area contributed by atoms with Gasteiger partial charge in [-0.25, -0.2) is 0 Å². The Morgan fingerprint density at radius 1 is 0.885 bits per heavy atom. The SMILES string of the molecule is CCCCCCCCCOc1ccc2c(c1)Cc1cc(C(C)=O)ccc1-2. The minimum atomic E-state index is 0.127. The van der Waals surface area contributed by atoms with Crippen molar-refractivity contribution in [3.8, 4) is 16.9 Å². The summed E-state index contributed by atoms with van der Waals surface area (Å²) in [5.74, 6) is 1.09. The van der Waals surface area contributed by atoms with Gasteiger partial charge in [-0.2, -0.15) is 0 Å². The monoisotopic (exact) mass is 350 g/mol. The van der Waals surface area contributed by atoms with Gasteiger partial charge in [0.15, 0.2) is 5.78 Å². The Morgan fingerprint density at radius 3 is 2.27 bits per heavy atom. The van der Waals surface area contributed by atoms with E-state index in [0.29, 0.717) is 0 Å². The van der Waals surface area contributed by atoms with Gasteiger partial charge in [-0.15, -0.1) is 0 Å². The highest BCUT2D eigenvalue weighted by atomic mass is 16.5. The zero-order valence-corrected chi connectivity index (χ0v) is 16.1. The van der Waals surface area contributed by atoms with Crippen LogP contribution in [0.4, 0.5) is 0 Å². The molecule has 2 aromatic rings. The Kier molecular flexibility index (Phi) is 6.49. The molecule has 0 radical (unpaired) electrons. The Balaban J connectivity index is 1.51. The van der Waals surface area contributed by atoms with Gasteiger partial charge in [0.25, 0.3) is 0 Å². The molecule has 0 atom stereocenters. The number of hydrogen-bond donors (Lipinski definition) is 0. The second-order valence-corrected chi connectivity index (χ2v) is 7.39. The van der Waals surface area contributed by atoms with Crippen LogP contribution in [0.15, 0.2) is 36.4 Å². The summed E-state index contributed by atoms with van der Waals surface area (Å²) in [7, 11) is 0. The van der Waals surface area contributed by atoms with Crippen LogP contribution in [-0.4, -0.2) is 12.4 Å². The Bertz CT molecular complexity index is 761. The lowest BCUT2D eigenvalue weighted by molar-refractivity contribution is 0.101. The fourth-order valence-electron chi connectivity index (χ4n) is 3.74. The number of hydrogen-bond acceptors (Lipinski definition) is 2. The molecule has 0 bridgehead atoms. The van der Waals surface area contributed by atoms with Gasteiger partial charge in [0, 0.05) is 5.56 Å². The molecule has 26 heavy (non-hydrogen) atoms. The Morgan fingerprint density at radius 2 is 1.54 bits per heavy atom. The van der Waals surface area contributed by atoms with E-state index in [9.17, 15) is 4.79 Å². The van der Waals surface area contributed by atoms with Crippen LogP contribution in [0.25, 0.3) is 11.1 Å². The molecule has 0 spiro atoms. The third-order valence-corrected chi connectivity index (χ3v) is 5.28. The number of unbranched alkanes of at least 4 members (excludes halogenated alkanes) is 6. The van der Waals surface area contributed by atoms with E-state index in [1.807, 2.05) is 12.1 Å². The summed E-state index contributed by atoms with van der Waals surface area (Å²) < 4.78 is 5.97. The summed E-state index contributed by atoms with van der Waals surface area (Å²) in [5.41, 5.74) is 5.88. The van der Waals surface area contributed by atoms with E-state index in [2.05, 4.69) is 31.2 Å². The van der Waals surface area contributed by atoms with Crippen molar-refractivity contribution in [2.75, 3.05) is 6.61 Å². The van der Waals surface area contributed by atoms with E-state index in [-0.39, 0.29) is 5.78 Å². The van der Waals surface area contributed by atoms with Gasteiger partial charge in [-0.1, -0.05) is 63.6 Å². The fraction of sp³-hybridized carbons (Fsp3) is 0.458. The maximum Gasteiger partial charge on any atom is 0.159 e. The number of carbonyl (C=O) groups excluding carboxylic acids is 1. The minimum Gasteiger partial charge on any atom is -0.494 e. The summed E-state index contributed by atoms with van der Waals surface area (Å²) in [6.07, 6.45) is 9.99. The van der Waals surface area contributed by atoms with Crippen molar-refractivity contribution in [1.82, 2.24) is 0 Å². The van der Waals surface area contributed by atoms with Crippen molar-refractivity contribution in [2.45, 2.75) is 65.2 Å². The number of Topliss-reactive ketones (excluding diaryl/α,β-unsaturated/α-hetero) is 1. The minimum absolute atomic E-state index is 0.127. The van der Waals surface area contributed by atoms with Gasteiger partial charge >= 0.3 is 0 Å². The normalized spacial score (nSPS) is 11.9. The van der Waals surface area contributed by atoms with Crippen LogP contribution >= 0.6 is 0 Å². The lowest BCUT2D eigenvalue weighted by atomic mass is 10.0. The molecule has 0 N–H and O–H groups in total. The average molecular weight is 351 g/mol. The fourth-order valence-corrected chi connectivity index (χ4v) is 3.74. The summed E-state index contributed by atoms with van der Waals surface area (Å²) >= 11 is 0. The average Bonchev–Trinajstić information content (AvgIpc) is 3.00.